The Morgan fingerprint density at radius 1 is 1.12 bits per heavy atom. The molecule has 0 unspecified atom stereocenters. The van der Waals surface area contributed by atoms with Crippen molar-refractivity contribution < 1.29 is 4.79 Å². The Balaban J connectivity index is 4.39. The third-order valence-corrected chi connectivity index (χ3v) is 1.68. The molecule has 5 nitrogen and oxygen atoms in total. The minimum atomic E-state index is -0.205. The molecule has 1 N–H and O–H groups in total. The van der Waals surface area contributed by atoms with Crippen LogP contribution in [0.3, 0.4) is 0 Å². The highest BCUT2D eigenvalue weighted by molar-refractivity contribution is 5.84. The molecule has 0 spiro atoms. The first kappa shape index (κ1) is 14.7. The van der Waals surface area contributed by atoms with E-state index in [0.29, 0.717) is 0 Å². The maximum Gasteiger partial charge on any atom is 0.242 e. The van der Waals surface area contributed by atoms with E-state index in [0.717, 1.165) is 5.96 Å². The largest absolute Gasteiger partial charge is 0.350 e. The fourth-order valence-electron chi connectivity index (χ4n) is 1.28. The SMILES string of the molecule is CN(C)C(=NCC(=O)NC(C)(C)C)N(C)C. The van der Waals surface area contributed by atoms with Crippen molar-refractivity contribution >= 4 is 11.9 Å². The lowest BCUT2D eigenvalue weighted by atomic mass is 10.1. The molecule has 0 bridgehead atoms. The van der Waals surface area contributed by atoms with Crippen LogP contribution in [0.25, 0.3) is 0 Å². The summed E-state index contributed by atoms with van der Waals surface area (Å²) in [5.41, 5.74) is -0.205. The van der Waals surface area contributed by atoms with E-state index in [4.69, 9.17) is 0 Å². The van der Waals surface area contributed by atoms with Gasteiger partial charge in [-0.05, 0) is 20.8 Å². The van der Waals surface area contributed by atoms with Crippen molar-refractivity contribution in [3.63, 3.8) is 0 Å². The Morgan fingerprint density at radius 2 is 1.56 bits per heavy atom. The minimum absolute atomic E-state index is 0.0614. The average molecular weight is 228 g/mol. The predicted octanol–water partition coefficient (Wildman–Crippen LogP) is 0.380. The first-order chi connectivity index (χ1) is 7.13. The van der Waals surface area contributed by atoms with Crippen molar-refractivity contribution in [1.29, 1.82) is 0 Å². The summed E-state index contributed by atoms with van der Waals surface area (Å²) < 4.78 is 0. The van der Waals surface area contributed by atoms with Gasteiger partial charge in [-0.3, -0.25) is 4.79 Å². The van der Waals surface area contributed by atoms with E-state index in [2.05, 4.69) is 10.3 Å². The topological polar surface area (TPSA) is 47.9 Å². The second-order valence-corrected chi connectivity index (χ2v) is 5.20. The number of hydrogen-bond donors (Lipinski definition) is 1. The number of nitrogens with one attached hydrogen (secondary N) is 1. The Labute approximate surface area is 98.5 Å². The van der Waals surface area contributed by atoms with Crippen LogP contribution in [-0.2, 0) is 4.79 Å². The van der Waals surface area contributed by atoms with Gasteiger partial charge in [0.05, 0.1) is 0 Å². The van der Waals surface area contributed by atoms with Gasteiger partial charge in [-0.25, -0.2) is 4.99 Å². The molecule has 0 aromatic carbocycles. The van der Waals surface area contributed by atoms with Crippen LogP contribution in [0.15, 0.2) is 4.99 Å². The summed E-state index contributed by atoms with van der Waals surface area (Å²) in [5.74, 6) is 0.720. The molecule has 94 valence electrons. The van der Waals surface area contributed by atoms with Gasteiger partial charge in [0.1, 0.15) is 6.54 Å². The lowest BCUT2D eigenvalue weighted by molar-refractivity contribution is -0.121. The standard InChI is InChI=1S/C11H24N4O/c1-11(2,3)13-9(16)8-12-10(14(4)5)15(6)7/h8H2,1-7H3,(H,13,16). The summed E-state index contributed by atoms with van der Waals surface area (Å²) in [4.78, 5) is 19.6. The normalized spacial score (nSPS) is 10.7. The molecular formula is C11H24N4O. The molecule has 0 aliphatic carbocycles. The van der Waals surface area contributed by atoms with E-state index in [9.17, 15) is 4.79 Å². The van der Waals surface area contributed by atoms with Crippen molar-refractivity contribution in [2.24, 2.45) is 4.99 Å². The van der Waals surface area contributed by atoms with Crippen LogP contribution in [0.2, 0.25) is 0 Å². The van der Waals surface area contributed by atoms with E-state index in [1.807, 2.05) is 58.8 Å². The number of amides is 1. The van der Waals surface area contributed by atoms with Crippen molar-refractivity contribution in [2.75, 3.05) is 34.7 Å². The van der Waals surface area contributed by atoms with Gasteiger partial charge in [-0.1, -0.05) is 0 Å². The summed E-state index contributed by atoms with van der Waals surface area (Å²) >= 11 is 0. The highest BCUT2D eigenvalue weighted by atomic mass is 16.2. The van der Waals surface area contributed by atoms with Crippen LogP contribution < -0.4 is 5.32 Å². The molecule has 0 aromatic heterocycles. The lowest BCUT2D eigenvalue weighted by Crippen LogP contribution is -2.42. The molecule has 0 aliphatic heterocycles. The zero-order valence-electron chi connectivity index (χ0n) is 11.5. The number of carbonyl (C=O) groups is 1. The minimum Gasteiger partial charge on any atom is -0.350 e. The van der Waals surface area contributed by atoms with Crippen LogP contribution in [0.4, 0.5) is 0 Å². The number of carbonyl (C=O) groups excluding carboxylic acids is 1. The smallest absolute Gasteiger partial charge is 0.242 e. The average Bonchev–Trinajstić information content (AvgIpc) is 1.98. The quantitative estimate of drug-likeness (QED) is 0.549. The molecule has 0 fully saturated rings. The molecular weight excluding hydrogens is 204 g/mol. The Kier molecular flexibility index (Phi) is 5.27. The molecule has 0 radical (unpaired) electrons. The van der Waals surface area contributed by atoms with E-state index in [-0.39, 0.29) is 18.0 Å². The summed E-state index contributed by atoms with van der Waals surface area (Å²) in [6.45, 7) is 6.01. The summed E-state index contributed by atoms with van der Waals surface area (Å²) in [6, 6.07) is 0. The molecule has 0 atom stereocenters. The van der Waals surface area contributed by atoms with E-state index >= 15 is 0 Å². The van der Waals surface area contributed by atoms with Gasteiger partial charge in [0.25, 0.3) is 0 Å². The maximum atomic E-state index is 11.6. The van der Waals surface area contributed by atoms with Crippen LogP contribution in [0, 0.1) is 0 Å². The monoisotopic (exact) mass is 228 g/mol. The van der Waals surface area contributed by atoms with Gasteiger partial charge in [-0.2, -0.15) is 0 Å². The lowest BCUT2D eigenvalue weighted by Gasteiger charge is -2.23. The van der Waals surface area contributed by atoms with Crippen molar-refractivity contribution in [2.45, 2.75) is 26.3 Å². The third kappa shape index (κ3) is 6.27. The van der Waals surface area contributed by atoms with Gasteiger partial charge in [-0.15, -0.1) is 0 Å². The maximum absolute atomic E-state index is 11.6. The zero-order valence-corrected chi connectivity index (χ0v) is 11.5. The van der Waals surface area contributed by atoms with Gasteiger partial charge in [0.15, 0.2) is 5.96 Å². The van der Waals surface area contributed by atoms with Crippen molar-refractivity contribution in [1.82, 2.24) is 15.1 Å². The molecule has 0 saturated carbocycles. The van der Waals surface area contributed by atoms with Crippen LogP contribution >= 0.6 is 0 Å². The summed E-state index contributed by atoms with van der Waals surface area (Å²) in [5, 5.41) is 2.87. The van der Waals surface area contributed by atoms with E-state index < -0.39 is 0 Å². The number of nitrogens with zero attached hydrogens (tertiary/aromatic N) is 3. The first-order valence-electron chi connectivity index (χ1n) is 5.33. The van der Waals surface area contributed by atoms with Crippen molar-refractivity contribution in [3.05, 3.63) is 0 Å². The van der Waals surface area contributed by atoms with Gasteiger partial charge < -0.3 is 15.1 Å². The molecule has 0 aliphatic rings. The van der Waals surface area contributed by atoms with Gasteiger partial charge in [0, 0.05) is 33.7 Å². The molecule has 0 aromatic rings. The fourth-order valence-corrected chi connectivity index (χ4v) is 1.28. The second-order valence-electron chi connectivity index (χ2n) is 5.20. The molecule has 16 heavy (non-hydrogen) atoms. The van der Waals surface area contributed by atoms with E-state index in [1.165, 1.54) is 0 Å². The number of aliphatic imine (C=N–C) groups is 1. The van der Waals surface area contributed by atoms with Crippen LogP contribution in [-0.4, -0.2) is 61.9 Å². The Bertz CT molecular complexity index is 254. The van der Waals surface area contributed by atoms with E-state index in [1.54, 1.807) is 0 Å². The van der Waals surface area contributed by atoms with Gasteiger partial charge >= 0.3 is 0 Å². The molecule has 0 rings (SSSR count). The molecule has 0 heterocycles. The Morgan fingerprint density at radius 3 is 1.88 bits per heavy atom. The highest BCUT2D eigenvalue weighted by Gasteiger charge is 2.13. The number of hydrogen-bond acceptors (Lipinski definition) is 2. The van der Waals surface area contributed by atoms with Gasteiger partial charge in [0.2, 0.25) is 5.91 Å². The van der Waals surface area contributed by atoms with Crippen LogP contribution in [0.1, 0.15) is 20.8 Å². The molecule has 1 amide bonds. The zero-order chi connectivity index (χ0) is 12.9. The van der Waals surface area contributed by atoms with Crippen molar-refractivity contribution in [3.8, 4) is 0 Å². The second kappa shape index (κ2) is 5.72. The highest BCUT2D eigenvalue weighted by Crippen LogP contribution is 1.98. The number of rotatable bonds is 2. The first-order valence-corrected chi connectivity index (χ1v) is 5.33. The molecule has 5 heteroatoms. The Hall–Kier alpha value is -1.26. The predicted molar refractivity (Wildman–Crippen MR) is 67.6 cm³/mol. The fraction of sp³-hybridized carbons (Fsp3) is 0.818. The van der Waals surface area contributed by atoms with Crippen LogP contribution in [0.5, 0.6) is 0 Å². The summed E-state index contributed by atoms with van der Waals surface area (Å²) in [7, 11) is 7.61. The third-order valence-electron chi connectivity index (χ3n) is 1.68. The molecule has 0 saturated heterocycles. The summed E-state index contributed by atoms with van der Waals surface area (Å²) in [6.07, 6.45) is 0. The number of guanidine groups is 1.